The first kappa shape index (κ1) is 14.2. The van der Waals surface area contributed by atoms with Crippen LogP contribution in [0.15, 0.2) is 47.2 Å². The maximum Gasteiger partial charge on any atom is 0.0756 e. The van der Waals surface area contributed by atoms with Crippen LogP contribution < -0.4 is 5.73 Å². The average Bonchev–Trinajstić information content (AvgIpc) is 2.87. The molecule has 0 radical (unpaired) electrons. The summed E-state index contributed by atoms with van der Waals surface area (Å²) in [6.07, 6.45) is 4.63. The molecule has 0 amide bonds. The smallest absolute Gasteiger partial charge is 0.0756 e. The summed E-state index contributed by atoms with van der Waals surface area (Å²) in [5.41, 5.74) is 9.49. The van der Waals surface area contributed by atoms with Crippen LogP contribution >= 0.6 is 15.9 Å². The minimum atomic E-state index is -0.257. The lowest BCUT2D eigenvalue weighted by atomic mass is 10.0. The van der Waals surface area contributed by atoms with Crippen molar-refractivity contribution in [3.63, 3.8) is 0 Å². The number of rotatable bonds is 4. The second-order valence-electron chi connectivity index (χ2n) is 5.00. The maximum absolute atomic E-state index is 6.53. The van der Waals surface area contributed by atoms with Gasteiger partial charge in [-0.05, 0) is 28.4 Å². The van der Waals surface area contributed by atoms with Crippen LogP contribution in [-0.4, -0.2) is 14.8 Å². The molecule has 0 aliphatic carbocycles. The number of hydrogen-bond acceptors (Lipinski definition) is 3. The van der Waals surface area contributed by atoms with E-state index in [2.05, 4.69) is 45.1 Å². The Bertz CT molecular complexity index is 761. The zero-order valence-corrected chi connectivity index (χ0v) is 13.4. The van der Waals surface area contributed by atoms with Crippen molar-refractivity contribution in [2.45, 2.75) is 25.9 Å². The fourth-order valence-corrected chi connectivity index (χ4v) is 3.14. The molecule has 2 aromatic heterocycles. The van der Waals surface area contributed by atoms with Crippen molar-refractivity contribution in [1.82, 2.24) is 14.8 Å². The minimum Gasteiger partial charge on any atom is -0.319 e. The van der Waals surface area contributed by atoms with Gasteiger partial charge >= 0.3 is 0 Å². The van der Waals surface area contributed by atoms with E-state index in [0.29, 0.717) is 0 Å². The van der Waals surface area contributed by atoms with E-state index >= 15 is 0 Å². The second kappa shape index (κ2) is 5.95. The predicted molar refractivity (Wildman–Crippen MR) is 88.0 cm³/mol. The Morgan fingerprint density at radius 1 is 1.29 bits per heavy atom. The van der Waals surface area contributed by atoms with Crippen molar-refractivity contribution in [3.8, 4) is 0 Å². The van der Waals surface area contributed by atoms with Crippen LogP contribution in [-0.2, 0) is 6.54 Å². The Kier molecular flexibility index (Phi) is 4.03. The van der Waals surface area contributed by atoms with Gasteiger partial charge in [-0.1, -0.05) is 31.2 Å². The Labute approximate surface area is 132 Å². The van der Waals surface area contributed by atoms with Crippen molar-refractivity contribution in [2.24, 2.45) is 5.73 Å². The van der Waals surface area contributed by atoms with Gasteiger partial charge in [0, 0.05) is 23.7 Å². The van der Waals surface area contributed by atoms with E-state index in [9.17, 15) is 0 Å². The number of nitrogens with zero attached hydrogens (tertiary/aromatic N) is 3. The number of pyridine rings is 1. The standard InChI is InChI=1S/C16H17BrN4/c1-2-9-21-16(13(17)10-20-21)14(18)12-7-3-5-11-6-4-8-19-15(11)12/h3-8,10,14H,2,9,18H2,1H3. The maximum atomic E-state index is 6.53. The predicted octanol–water partition coefficient (Wildman–Crippen LogP) is 3.65. The molecular weight excluding hydrogens is 328 g/mol. The highest BCUT2D eigenvalue weighted by Crippen LogP contribution is 2.30. The highest BCUT2D eigenvalue weighted by molar-refractivity contribution is 9.10. The molecule has 2 heterocycles. The molecule has 5 heteroatoms. The molecule has 1 unspecified atom stereocenters. The third-order valence-electron chi connectivity index (χ3n) is 3.56. The summed E-state index contributed by atoms with van der Waals surface area (Å²) in [6.45, 7) is 2.98. The number of fused-ring (bicyclic) bond motifs is 1. The molecule has 3 aromatic rings. The second-order valence-corrected chi connectivity index (χ2v) is 5.86. The summed E-state index contributed by atoms with van der Waals surface area (Å²) in [5.74, 6) is 0. The molecule has 0 bridgehead atoms. The number of halogens is 1. The molecule has 0 saturated carbocycles. The van der Waals surface area contributed by atoms with Crippen LogP contribution in [0, 0.1) is 0 Å². The van der Waals surface area contributed by atoms with Gasteiger partial charge in [0.25, 0.3) is 0 Å². The Balaban J connectivity index is 2.13. The molecule has 1 aromatic carbocycles. The van der Waals surface area contributed by atoms with E-state index in [1.165, 1.54) is 0 Å². The summed E-state index contributed by atoms with van der Waals surface area (Å²) in [6, 6.07) is 9.85. The van der Waals surface area contributed by atoms with Gasteiger partial charge < -0.3 is 5.73 Å². The fraction of sp³-hybridized carbons (Fsp3) is 0.250. The van der Waals surface area contributed by atoms with Crippen LogP contribution in [0.2, 0.25) is 0 Å². The molecule has 0 spiro atoms. The van der Waals surface area contributed by atoms with Crippen LogP contribution in [0.25, 0.3) is 10.9 Å². The van der Waals surface area contributed by atoms with Crippen LogP contribution in [0.4, 0.5) is 0 Å². The number of hydrogen-bond donors (Lipinski definition) is 1. The Hall–Kier alpha value is -1.72. The van der Waals surface area contributed by atoms with Gasteiger partial charge in [-0.25, -0.2) is 0 Å². The minimum absolute atomic E-state index is 0.257. The van der Waals surface area contributed by atoms with Crippen molar-refractivity contribution in [3.05, 3.63) is 58.5 Å². The Morgan fingerprint density at radius 2 is 2.10 bits per heavy atom. The van der Waals surface area contributed by atoms with E-state index in [1.807, 2.05) is 29.1 Å². The highest BCUT2D eigenvalue weighted by atomic mass is 79.9. The van der Waals surface area contributed by atoms with Crippen LogP contribution in [0.1, 0.15) is 30.6 Å². The SMILES string of the molecule is CCCn1ncc(Br)c1C(N)c1cccc2cccnc12. The molecule has 0 saturated heterocycles. The first-order valence-corrected chi connectivity index (χ1v) is 7.82. The van der Waals surface area contributed by atoms with Gasteiger partial charge in [0.1, 0.15) is 0 Å². The van der Waals surface area contributed by atoms with E-state index in [1.54, 1.807) is 6.20 Å². The molecule has 0 fully saturated rings. The molecule has 21 heavy (non-hydrogen) atoms. The lowest BCUT2D eigenvalue weighted by Crippen LogP contribution is -2.18. The van der Waals surface area contributed by atoms with E-state index in [-0.39, 0.29) is 6.04 Å². The monoisotopic (exact) mass is 344 g/mol. The van der Waals surface area contributed by atoms with Gasteiger partial charge in [0.05, 0.1) is 27.9 Å². The first-order chi connectivity index (χ1) is 10.2. The first-order valence-electron chi connectivity index (χ1n) is 7.02. The van der Waals surface area contributed by atoms with E-state index < -0.39 is 0 Å². The van der Waals surface area contributed by atoms with Crippen molar-refractivity contribution in [2.75, 3.05) is 0 Å². The number of nitrogens with two attached hydrogens (primary N) is 1. The van der Waals surface area contributed by atoms with Gasteiger partial charge in [0.15, 0.2) is 0 Å². The van der Waals surface area contributed by atoms with Crippen molar-refractivity contribution >= 4 is 26.8 Å². The molecule has 108 valence electrons. The topological polar surface area (TPSA) is 56.7 Å². The van der Waals surface area contributed by atoms with E-state index in [0.717, 1.165) is 39.6 Å². The molecule has 1 atom stereocenters. The number of benzene rings is 1. The molecule has 0 aliphatic rings. The molecule has 0 aliphatic heterocycles. The summed E-state index contributed by atoms with van der Waals surface area (Å²) in [5, 5.41) is 5.50. The Morgan fingerprint density at radius 3 is 2.90 bits per heavy atom. The third-order valence-corrected chi connectivity index (χ3v) is 4.17. The average molecular weight is 345 g/mol. The van der Waals surface area contributed by atoms with Crippen LogP contribution in [0.3, 0.4) is 0 Å². The van der Waals surface area contributed by atoms with Crippen LogP contribution in [0.5, 0.6) is 0 Å². The zero-order valence-electron chi connectivity index (χ0n) is 11.8. The molecule has 2 N–H and O–H groups in total. The summed E-state index contributed by atoms with van der Waals surface area (Å²) >= 11 is 3.57. The lowest BCUT2D eigenvalue weighted by molar-refractivity contribution is 0.559. The number of para-hydroxylation sites is 1. The molecular formula is C16H17BrN4. The summed E-state index contributed by atoms with van der Waals surface area (Å²) < 4.78 is 2.91. The largest absolute Gasteiger partial charge is 0.319 e. The zero-order chi connectivity index (χ0) is 14.8. The van der Waals surface area contributed by atoms with E-state index in [4.69, 9.17) is 5.73 Å². The van der Waals surface area contributed by atoms with Gasteiger partial charge in [-0.2, -0.15) is 5.10 Å². The molecule has 4 nitrogen and oxygen atoms in total. The summed E-state index contributed by atoms with van der Waals surface area (Å²) in [4.78, 5) is 4.49. The lowest BCUT2D eigenvalue weighted by Gasteiger charge is -2.16. The normalized spacial score (nSPS) is 12.7. The highest BCUT2D eigenvalue weighted by Gasteiger charge is 2.20. The van der Waals surface area contributed by atoms with Crippen molar-refractivity contribution < 1.29 is 0 Å². The van der Waals surface area contributed by atoms with Gasteiger partial charge in [-0.3, -0.25) is 9.67 Å². The quantitative estimate of drug-likeness (QED) is 0.785. The summed E-state index contributed by atoms with van der Waals surface area (Å²) in [7, 11) is 0. The van der Waals surface area contributed by atoms with Gasteiger partial charge in [-0.15, -0.1) is 0 Å². The van der Waals surface area contributed by atoms with Crippen molar-refractivity contribution in [1.29, 1.82) is 0 Å². The van der Waals surface area contributed by atoms with Gasteiger partial charge in [0.2, 0.25) is 0 Å². The number of aryl methyl sites for hydroxylation is 1. The fourth-order valence-electron chi connectivity index (χ4n) is 2.60. The third kappa shape index (κ3) is 2.59. The number of aromatic nitrogens is 3. The molecule has 3 rings (SSSR count).